The number of nitrogens with zero attached hydrogens (tertiary/aromatic N) is 3. The fourth-order valence-corrected chi connectivity index (χ4v) is 5.86. The molecule has 3 heterocycles. The number of Topliss-reactive ketones (excluding diaryl/α,β-unsaturated/α-hetero) is 1. The summed E-state index contributed by atoms with van der Waals surface area (Å²) < 4.78 is 2.46. The van der Waals surface area contributed by atoms with E-state index in [4.69, 9.17) is 16.6 Å². The van der Waals surface area contributed by atoms with Crippen molar-refractivity contribution in [2.24, 2.45) is 11.3 Å². The van der Waals surface area contributed by atoms with Crippen molar-refractivity contribution in [3.05, 3.63) is 39.4 Å². The van der Waals surface area contributed by atoms with Crippen LogP contribution in [0.1, 0.15) is 36.4 Å². The van der Waals surface area contributed by atoms with Crippen LogP contribution in [0, 0.1) is 23.2 Å². The molecule has 5 rings (SSSR count). The summed E-state index contributed by atoms with van der Waals surface area (Å²) in [5.74, 6) is 6.01. The van der Waals surface area contributed by atoms with E-state index < -0.39 is 23.7 Å². The number of carbonyl (C=O) groups is 1. The summed E-state index contributed by atoms with van der Waals surface area (Å²) in [6.45, 7) is 1.79. The SMILES string of the molecule is CCC(=O)[C@@]12C[C@@H]1[C@@H](n1cnc3c(NC)cc(C#Cc4ccc(Cl)s4)nc31)[C@@H](O)C2O. The Labute approximate surface area is 188 Å². The number of ketones is 1. The molecule has 0 aliphatic heterocycles. The zero-order chi connectivity index (χ0) is 21.9. The Kier molecular flexibility index (Phi) is 4.83. The maximum atomic E-state index is 12.5. The first kappa shape index (κ1) is 20.5. The minimum atomic E-state index is -1.08. The average molecular weight is 457 g/mol. The number of rotatable bonds is 4. The number of hydrogen-bond donors (Lipinski definition) is 3. The van der Waals surface area contributed by atoms with Gasteiger partial charge in [0.05, 0.1) is 38.8 Å². The van der Waals surface area contributed by atoms with Gasteiger partial charge in [-0.1, -0.05) is 18.5 Å². The third-order valence-corrected chi connectivity index (χ3v) is 7.67. The Morgan fingerprint density at radius 3 is 2.90 bits per heavy atom. The molecule has 0 spiro atoms. The highest BCUT2D eigenvalue weighted by Crippen LogP contribution is 2.68. The van der Waals surface area contributed by atoms with Crippen molar-refractivity contribution in [1.82, 2.24) is 14.5 Å². The number of pyridine rings is 1. The third-order valence-electron chi connectivity index (χ3n) is 6.52. The van der Waals surface area contributed by atoms with E-state index in [-0.39, 0.29) is 11.7 Å². The number of fused-ring (bicyclic) bond motifs is 2. The number of anilines is 1. The summed E-state index contributed by atoms with van der Waals surface area (Å²) >= 11 is 7.37. The van der Waals surface area contributed by atoms with Gasteiger partial charge in [-0.05, 0) is 42.4 Å². The molecule has 31 heavy (non-hydrogen) atoms. The van der Waals surface area contributed by atoms with Crippen LogP contribution in [-0.2, 0) is 4.79 Å². The third kappa shape index (κ3) is 2.99. The lowest BCUT2D eigenvalue weighted by atomic mass is 9.92. The number of aromatic nitrogens is 3. The fraction of sp³-hybridized carbons (Fsp3) is 0.409. The monoisotopic (exact) mass is 456 g/mol. The predicted molar refractivity (Wildman–Crippen MR) is 119 cm³/mol. The molecule has 2 aliphatic carbocycles. The summed E-state index contributed by atoms with van der Waals surface area (Å²) in [6.07, 6.45) is 0.393. The van der Waals surface area contributed by atoms with Gasteiger partial charge in [-0.3, -0.25) is 4.79 Å². The van der Waals surface area contributed by atoms with Crippen LogP contribution >= 0.6 is 22.9 Å². The number of aliphatic hydroxyl groups is 2. The van der Waals surface area contributed by atoms with Crippen LogP contribution in [0.4, 0.5) is 5.69 Å². The van der Waals surface area contributed by atoms with Gasteiger partial charge < -0.3 is 20.1 Å². The number of imidazole rings is 1. The van der Waals surface area contributed by atoms with E-state index in [1.54, 1.807) is 30.9 Å². The Bertz CT molecular complexity index is 1260. The van der Waals surface area contributed by atoms with Crippen LogP contribution in [0.15, 0.2) is 24.5 Å². The van der Waals surface area contributed by atoms with E-state index in [1.165, 1.54) is 11.3 Å². The molecule has 160 valence electrons. The topological polar surface area (TPSA) is 100 Å². The standard InChI is InChI=1S/C22H21ClN4O3S/c1-3-15(28)22-9-13(22)18(19(29)20(22)30)27-10-25-17-14(24-2)8-11(26-21(17)27)4-5-12-6-7-16(23)31-12/h6-8,10,13,18-20,29-30H,3,9H2,1-2H3,(H,24,26)/t13-,18-,19-,20?,22-/m1/s1. The van der Waals surface area contributed by atoms with Crippen LogP contribution in [-0.4, -0.2) is 49.8 Å². The maximum absolute atomic E-state index is 12.5. The Balaban J connectivity index is 1.58. The number of aliphatic hydroxyl groups excluding tert-OH is 2. The average Bonchev–Trinajstić information content (AvgIpc) is 3.02. The molecule has 3 N–H and O–H groups in total. The second-order valence-corrected chi connectivity index (χ2v) is 9.75. The molecule has 2 saturated carbocycles. The second-order valence-electron chi connectivity index (χ2n) is 8.04. The molecule has 0 amide bonds. The van der Waals surface area contributed by atoms with Crippen LogP contribution in [0.5, 0.6) is 0 Å². The summed E-state index contributed by atoms with van der Waals surface area (Å²) in [7, 11) is 1.80. The summed E-state index contributed by atoms with van der Waals surface area (Å²) in [5, 5.41) is 24.6. The van der Waals surface area contributed by atoms with Crippen molar-refractivity contribution < 1.29 is 15.0 Å². The minimum absolute atomic E-state index is 0.000934. The molecule has 0 bridgehead atoms. The Morgan fingerprint density at radius 2 is 2.23 bits per heavy atom. The number of halogens is 1. The normalized spacial score (nSPS) is 28.8. The van der Waals surface area contributed by atoms with Gasteiger partial charge in [-0.15, -0.1) is 11.3 Å². The fourth-order valence-electron chi connectivity index (χ4n) is 4.96. The van der Waals surface area contributed by atoms with Crippen molar-refractivity contribution in [2.75, 3.05) is 12.4 Å². The quantitative estimate of drug-likeness (QED) is 0.522. The molecular formula is C22H21ClN4O3S. The van der Waals surface area contributed by atoms with Gasteiger partial charge in [0.15, 0.2) is 5.65 Å². The van der Waals surface area contributed by atoms with Crippen molar-refractivity contribution in [2.45, 2.75) is 38.0 Å². The molecule has 0 radical (unpaired) electrons. The van der Waals surface area contributed by atoms with E-state index in [2.05, 4.69) is 22.1 Å². The highest BCUT2D eigenvalue weighted by Gasteiger charge is 2.74. The lowest BCUT2D eigenvalue weighted by molar-refractivity contribution is -0.130. The van der Waals surface area contributed by atoms with Gasteiger partial charge >= 0.3 is 0 Å². The lowest BCUT2D eigenvalue weighted by Gasteiger charge is -2.23. The van der Waals surface area contributed by atoms with Gasteiger partial charge in [0, 0.05) is 13.5 Å². The van der Waals surface area contributed by atoms with E-state index in [1.807, 2.05) is 12.1 Å². The molecule has 1 unspecified atom stereocenters. The number of thiophene rings is 1. The van der Waals surface area contributed by atoms with Crippen molar-refractivity contribution in [1.29, 1.82) is 0 Å². The highest BCUT2D eigenvalue weighted by molar-refractivity contribution is 7.16. The van der Waals surface area contributed by atoms with Gasteiger partial charge in [-0.2, -0.15) is 0 Å². The first-order valence-electron chi connectivity index (χ1n) is 10.1. The molecule has 2 fully saturated rings. The van der Waals surface area contributed by atoms with Crippen molar-refractivity contribution in [3.63, 3.8) is 0 Å². The van der Waals surface area contributed by atoms with Gasteiger partial charge in [0.2, 0.25) is 0 Å². The van der Waals surface area contributed by atoms with Gasteiger partial charge in [0.25, 0.3) is 0 Å². The van der Waals surface area contributed by atoms with Crippen LogP contribution in [0.3, 0.4) is 0 Å². The molecule has 9 heteroatoms. The summed E-state index contributed by atoms with van der Waals surface area (Å²) in [5.41, 5.74) is 1.66. The number of nitrogens with one attached hydrogen (secondary N) is 1. The molecule has 0 saturated heterocycles. The zero-order valence-corrected chi connectivity index (χ0v) is 18.5. The smallest absolute Gasteiger partial charge is 0.163 e. The van der Waals surface area contributed by atoms with Crippen LogP contribution in [0.25, 0.3) is 11.2 Å². The summed E-state index contributed by atoms with van der Waals surface area (Å²) in [6, 6.07) is 5.01. The predicted octanol–water partition coefficient (Wildman–Crippen LogP) is 2.85. The molecule has 7 nitrogen and oxygen atoms in total. The molecule has 3 aromatic rings. The van der Waals surface area contributed by atoms with E-state index in [0.717, 1.165) is 10.6 Å². The van der Waals surface area contributed by atoms with E-state index >= 15 is 0 Å². The minimum Gasteiger partial charge on any atom is -0.389 e. The summed E-state index contributed by atoms with van der Waals surface area (Å²) in [4.78, 5) is 22.6. The second kappa shape index (κ2) is 7.31. The molecule has 5 atom stereocenters. The largest absolute Gasteiger partial charge is 0.389 e. The maximum Gasteiger partial charge on any atom is 0.163 e. The molecule has 0 aromatic carbocycles. The van der Waals surface area contributed by atoms with Gasteiger partial charge in [-0.25, -0.2) is 9.97 Å². The van der Waals surface area contributed by atoms with E-state index in [0.29, 0.717) is 34.0 Å². The first-order chi connectivity index (χ1) is 14.9. The van der Waals surface area contributed by atoms with Crippen LogP contribution < -0.4 is 5.32 Å². The molecule has 3 aromatic heterocycles. The van der Waals surface area contributed by atoms with Gasteiger partial charge in [0.1, 0.15) is 23.1 Å². The Morgan fingerprint density at radius 1 is 1.42 bits per heavy atom. The lowest BCUT2D eigenvalue weighted by Crippen LogP contribution is -2.37. The van der Waals surface area contributed by atoms with E-state index in [9.17, 15) is 15.0 Å². The molecule has 2 aliphatic rings. The zero-order valence-electron chi connectivity index (χ0n) is 17.0. The molecular weight excluding hydrogens is 436 g/mol. The highest BCUT2D eigenvalue weighted by atomic mass is 35.5. The van der Waals surface area contributed by atoms with Crippen LogP contribution in [0.2, 0.25) is 4.34 Å². The number of hydrogen-bond acceptors (Lipinski definition) is 7. The van der Waals surface area contributed by atoms with Crippen molar-refractivity contribution >= 4 is 45.6 Å². The number of carbonyl (C=O) groups excluding carboxylic acids is 1. The Hall–Kier alpha value is -2.44. The van der Waals surface area contributed by atoms with Crippen molar-refractivity contribution in [3.8, 4) is 11.8 Å². The first-order valence-corrected chi connectivity index (χ1v) is 11.3.